The van der Waals surface area contributed by atoms with E-state index in [2.05, 4.69) is 31.0 Å². The fourth-order valence-corrected chi connectivity index (χ4v) is 3.45. The van der Waals surface area contributed by atoms with Crippen molar-refractivity contribution in [2.75, 3.05) is 26.7 Å². The average Bonchev–Trinajstić information content (AvgIpc) is 2.58. The number of hydrogen-bond acceptors (Lipinski definition) is 4. The zero-order valence-electron chi connectivity index (χ0n) is 14.8. The third-order valence-electron chi connectivity index (χ3n) is 4.90. The normalized spacial score (nSPS) is 23.9. The van der Waals surface area contributed by atoms with Gasteiger partial charge in [-0.2, -0.15) is 0 Å². The van der Waals surface area contributed by atoms with Gasteiger partial charge in [0, 0.05) is 6.04 Å². The lowest BCUT2D eigenvalue weighted by molar-refractivity contribution is -0.148. The SMILES string of the molecule is CCNC(C)(CC(C)N1CCCC(C)(C)CC1)C(=O)OC. The van der Waals surface area contributed by atoms with Gasteiger partial charge < -0.3 is 15.0 Å². The quantitative estimate of drug-likeness (QED) is 0.766. The van der Waals surface area contributed by atoms with Gasteiger partial charge in [0.25, 0.3) is 0 Å². The predicted octanol–water partition coefficient (Wildman–Crippen LogP) is 2.82. The fraction of sp³-hybridized carbons (Fsp3) is 0.941. The maximum atomic E-state index is 12.1. The van der Waals surface area contributed by atoms with Crippen LogP contribution in [0.25, 0.3) is 0 Å². The number of carbonyl (C=O) groups excluding carboxylic acids is 1. The van der Waals surface area contributed by atoms with E-state index in [9.17, 15) is 4.79 Å². The molecule has 0 saturated carbocycles. The molecule has 0 amide bonds. The van der Waals surface area contributed by atoms with Crippen molar-refractivity contribution in [3.8, 4) is 0 Å². The van der Waals surface area contributed by atoms with Crippen molar-refractivity contribution in [3.05, 3.63) is 0 Å². The van der Waals surface area contributed by atoms with Gasteiger partial charge in [-0.05, 0) is 64.6 Å². The number of methoxy groups -OCH3 is 1. The Morgan fingerprint density at radius 1 is 1.38 bits per heavy atom. The van der Waals surface area contributed by atoms with Crippen LogP contribution < -0.4 is 5.32 Å². The standard InChI is InChI=1S/C17H34N2O2/c1-7-18-17(5,15(20)21-6)13-14(2)19-11-8-9-16(3,4)10-12-19/h14,18H,7-13H2,1-6H3. The van der Waals surface area contributed by atoms with Crippen molar-refractivity contribution < 1.29 is 9.53 Å². The van der Waals surface area contributed by atoms with Crippen LogP contribution in [0.2, 0.25) is 0 Å². The molecular formula is C17H34N2O2. The average molecular weight is 298 g/mol. The van der Waals surface area contributed by atoms with E-state index in [0.717, 1.165) is 26.1 Å². The number of likely N-dealkylation sites (tertiary alicyclic amines) is 1. The molecule has 2 atom stereocenters. The molecule has 0 aliphatic carbocycles. The highest BCUT2D eigenvalue weighted by Crippen LogP contribution is 2.31. The molecule has 0 bridgehead atoms. The summed E-state index contributed by atoms with van der Waals surface area (Å²) in [6, 6.07) is 0.377. The molecule has 0 aromatic rings. The Morgan fingerprint density at radius 3 is 2.62 bits per heavy atom. The molecule has 2 unspecified atom stereocenters. The molecule has 0 radical (unpaired) electrons. The number of carbonyl (C=O) groups is 1. The molecular weight excluding hydrogens is 264 g/mol. The van der Waals surface area contributed by atoms with Crippen LogP contribution in [0.3, 0.4) is 0 Å². The summed E-state index contributed by atoms with van der Waals surface area (Å²) < 4.78 is 4.99. The van der Waals surface area contributed by atoms with Crippen molar-refractivity contribution in [2.24, 2.45) is 5.41 Å². The molecule has 0 spiro atoms. The Kier molecular flexibility index (Phi) is 6.67. The van der Waals surface area contributed by atoms with Crippen LogP contribution in [-0.2, 0) is 9.53 Å². The smallest absolute Gasteiger partial charge is 0.325 e. The van der Waals surface area contributed by atoms with E-state index in [4.69, 9.17) is 4.74 Å². The summed E-state index contributed by atoms with van der Waals surface area (Å²) >= 11 is 0. The molecule has 1 heterocycles. The summed E-state index contributed by atoms with van der Waals surface area (Å²) in [5, 5.41) is 3.31. The molecule has 4 nitrogen and oxygen atoms in total. The van der Waals surface area contributed by atoms with Crippen LogP contribution in [0.1, 0.15) is 60.3 Å². The molecule has 1 aliphatic rings. The third-order valence-corrected chi connectivity index (χ3v) is 4.90. The van der Waals surface area contributed by atoms with Gasteiger partial charge in [0.05, 0.1) is 7.11 Å². The first-order valence-electron chi connectivity index (χ1n) is 8.31. The molecule has 1 N–H and O–H groups in total. The second kappa shape index (κ2) is 7.59. The fourth-order valence-electron chi connectivity index (χ4n) is 3.45. The molecule has 4 heteroatoms. The maximum absolute atomic E-state index is 12.1. The lowest BCUT2D eigenvalue weighted by Gasteiger charge is -2.35. The highest BCUT2D eigenvalue weighted by molar-refractivity contribution is 5.80. The third kappa shape index (κ3) is 5.26. The number of ether oxygens (including phenoxy) is 1. The van der Waals surface area contributed by atoms with Crippen molar-refractivity contribution in [3.63, 3.8) is 0 Å². The first-order chi connectivity index (χ1) is 9.74. The van der Waals surface area contributed by atoms with Crippen molar-refractivity contribution in [2.45, 2.75) is 71.9 Å². The Balaban J connectivity index is 2.68. The largest absolute Gasteiger partial charge is 0.468 e. The minimum Gasteiger partial charge on any atom is -0.468 e. The van der Waals surface area contributed by atoms with Crippen molar-refractivity contribution in [1.82, 2.24) is 10.2 Å². The van der Waals surface area contributed by atoms with Gasteiger partial charge in [-0.1, -0.05) is 20.8 Å². The van der Waals surface area contributed by atoms with E-state index in [1.807, 2.05) is 13.8 Å². The summed E-state index contributed by atoms with van der Waals surface area (Å²) in [4.78, 5) is 14.6. The van der Waals surface area contributed by atoms with Gasteiger partial charge in [-0.15, -0.1) is 0 Å². The highest BCUT2D eigenvalue weighted by atomic mass is 16.5. The molecule has 1 rings (SSSR count). The number of likely N-dealkylation sites (N-methyl/N-ethyl adjacent to an activating group) is 1. The Morgan fingerprint density at radius 2 is 2.05 bits per heavy atom. The van der Waals surface area contributed by atoms with E-state index in [1.165, 1.54) is 26.4 Å². The van der Waals surface area contributed by atoms with E-state index < -0.39 is 5.54 Å². The summed E-state index contributed by atoms with van der Waals surface area (Å²) in [5.41, 5.74) is -0.146. The zero-order chi connectivity index (χ0) is 16.1. The minimum atomic E-state index is -0.593. The molecule has 1 saturated heterocycles. The molecule has 1 aliphatic heterocycles. The van der Waals surface area contributed by atoms with Crippen LogP contribution in [0, 0.1) is 5.41 Å². The molecule has 1 fully saturated rings. The minimum absolute atomic E-state index is 0.161. The van der Waals surface area contributed by atoms with Gasteiger partial charge in [0.1, 0.15) is 5.54 Å². The lowest BCUT2D eigenvalue weighted by atomic mass is 9.85. The first kappa shape index (κ1) is 18.4. The Labute approximate surface area is 130 Å². The molecule has 124 valence electrons. The molecule has 0 aromatic carbocycles. The second-order valence-electron chi connectivity index (χ2n) is 7.46. The first-order valence-corrected chi connectivity index (χ1v) is 8.31. The van der Waals surface area contributed by atoms with E-state index in [-0.39, 0.29) is 5.97 Å². The number of rotatable bonds is 6. The number of nitrogens with zero attached hydrogens (tertiary/aromatic N) is 1. The molecule has 0 aromatic heterocycles. The van der Waals surface area contributed by atoms with Crippen LogP contribution in [0.4, 0.5) is 0 Å². The number of nitrogens with one attached hydrogen (secondary N) is 1. The van der Waals surface area contributed by atoms with E-state index in [0.29, 0.717) is 11.5 Å². The number of esters is 1. The molecule has 21 heavy (non-hydrogen) atoms. The zero-order valence-corrected chi connectivity index (χ0v) is 14.8. The summed E-state index contributed by atoms with van der Waals surface area (Å²) in [6.45, 7) is 14.0. The summed E-state index contributed by atoms with van der Waals surface area (Å²) in [7, 11) is 1.47. The monoisotopic (exact) mass is 298 g/mol. The van der Waals surface area contributed by atoms with Crippen LogP contribution >= 0.6 is 0 Å². The van der Waals surface area contributed by atoms with Gasteiger partial charge in [0.2, 0.25) is 0 Å². The van der Waals surface area contributed by atoms with E-state index in [1.54, 1.807) is 0 Å². The van der Waals surface area contributed by atoms with Crippen molar-refractivity contribution in [1.29, 1.82) is 0 Å². The van der Waals surface area contributed by atoms with Gasteiger partial charge in [-0.25, -0.2) is 0 Å². The Bertz CT molecular complexity index is 344. The number of hydrogen-bond donors (Lipinski definition) is 1. The lowest BCUT2D eigenvalue weighted by Crippen LogP contribution is -2.54. The topological polar surface area (TPSA) is 41.6 Å². The van der Waals surface area contributed by atoms with Gasteiger partial charge in [-0.3, -0.25) is 4.79 Å². The van der Waals surface area contributed by atoms with Crippen LogP contribution in [-0.4, -0.2) is 49.2 Å². The Hall–Kier alpha value is -0.610. The van der Waals surface area contributed by atoms with Gasteiger partial charge >= 0.3 is 5.97 Å². The summed E-state index contributed by atoms with van der Waals surface area (Å²) in [5.74, 6) is -0.161. The predicted molar refractivity (Wildman–Crippen MR) is 87.4 cm³/mol. The maximum Gasteiger partial charge on any atom is 0.325 e. The highest BCUT2D eigenvalue weighted by Gasteiger charge is 2.37. The second-order valence-corrected chi connectivity index (χ2v) is 7.46. The van der Waals surface area contributed by atoms with Gasteiger partial charge in [0.15, 0.2) is 0 Å². The summed E-state index contributed by atoms with van der Waals surface area (Å²) in [6.07, 6.45) is 4.55. The van der Waals surface area contributed by atoms with Crippen LogP contribution in [0.15, 0.2) is 0 Å². The van der Waals surface area contributed by atoms with Crippen molar-refractivity contribution >= 4 is 5.97 Å². The van der Waals surface area contributed by atoms with Crippen LogP contribution in [0.5, 0.6) is 0 Å². The van der Waals surface area contributed by atoms with E-state index >= 15 is 0 Å².